The van der Waals surface area contributed by atoms with Crippen molar-refractivity contribution >= 4 is 38.9 Å². The van der Waals surface area contributed by atoms with Crippen molar-refractivity contribution in [2.45, 2.75) is 38.1 Å². The van der Waals surface area contributed by atoms with Gasteiger partial charge in [0.05, 0.1) is 17.8 Å². The zero-order chi connectivity index (χ0) is 24.6. The van der Waals surface area contributed by atoms with Crippen molar-refractivity contribution in [1.29, 1.82) is 0 Å². The van der Waals surface area contributed by atoms with Crippen molar-refractivity contribution < 1.29 is 37.2 Å². The van der Waals surface area contributed by atoms with Crippen molar-refractivity contribution in [2.75, 3.05) is 12.3 Å². The van der Waals surface area contributed by atoms with Gasteiger partial charge in [0, 0.05) is 18.4 Å². The zero-order valence-electron chi connectivity index (χ0n) is 17.4. The number of aromatic nitrogens is 1. The molecule has 17 heteroatoms. The molecule has 15 nitrogen and oxygen atoms in total. The Balaban J connectivity index is 1.73. The van der Waals surface area contributed by atoms with E-state index < -0.39 is 51.7 Å². The van der Waals surface area contributed by atoms with E-state index in [1.165, 1.54) is 11.8 Å². The Morgan fingerprint density at radius 1 is 1.48 bits per heavy atom. The number of amidine groups is 1. The number of nitrogens with one attached hydrogen (secondary N) is 1. The number of amides is 1. The van der Waals surface area contributed by atoms with Gasteiger partial charge >= 0.3 is 10.4 Å². The molecule has 3 heterocycles. The van der Waals surface area contributed by atoms with Crippen LogP contribution in [0.25, 0.3) is 0 Å². The smallest absolute Gasteiger partial charge is 0.413 e. The van der Waals surface area contributed by atoms with E-state index in [0.29, 0.717) is 10.5 Å². The third-order valence-electron chi connectivity index (χ3n) is 5.02. The molecule has 1 aromatic rings. The Morgan fingerprint density at radius 2 is 2.18 bits per heavy atom. The van der Waals surface area contributed by atoms with Crippen LogP contribution in [0, 0.1) is 0 Å². The molecular formula is C16H22N6O9S2. The van der Waals surface area contributed by atoms with Crippen molar-refractivity contribution in [3.63, 3.8) is 0 Å². The molecule has 6 N–H and O–H groups in total. The Labute approximate surface area is 191 Å². The fourth-order valence-corrected chi connectivity index (χ4v) is 4.24. The second-order valence-electron chi connectivity index (χ2n) is 7.65. The van der Waals surface area contributed by atoms with Crippen LogP contribution in [-0.2, 0) is 30.9 Å². The van der Waals surface area contributed by atoms with Crippen LogP contribution >= 0.6 is 11.8 Å². The van der Waals surface area contributed by atoms with Gasteiger partial charge < -0.3 is 26.2 Å². The summed E-state index contributed by atoms with van der Waals surface area (Å²) in [5.74, 6) is -1.01. The largest absolute Gasteiger partial charge is 0.503 e. The van der Waals surface area contributed by atoms with E-state index in [1.807, 2.05) is 0 Å². The highest BCUT2D eigenvalue weighted by atomic mass is 32.3. The number of hydrogen-bond acceptors (Lipinski definition) is 13. The number of oxime groups is 1. The minimum absolute atomic E-state index is 0.0387. The highest BCUT2D eigenvalue weighted by Crippen LogP contribution is 2.31. The molecule has 0 bridgehead atoms. The molecule has 182 valence electrons. The number of nitrogens with zero attached hydrogens (tertiary/aromatic N) is 4. The maximum atomic E-state index is 12.9. The molecule has 0 radical (unpaired) electrons. The summed E-state index contributed by atoms with van der Waals surface area (Å²) < 4.78 is 35.7. The van der Waals surface area contributed by atoms with E-state index in [4.69, 9.17) is 15.1 Å². The normalized spacial score (nSPS) is 23.0. The van der Waals surface area contributed by atoms with Gasteiger partial charge in [0.2, 0.25) is 5.43 Å². The summed E-state index contributed by atoms with van der Waals surface area (Å²) in [5, 5.41) is 26.8. The van der Waals surface area contributed by atoms with Crippen molar-refractivity contribution in [3.8, 4) is 5.75 Å². The topological polar surface area (TPSA) is 218 Å². The molecule has 1 fully saturated rings. The average molecular weight is 507 g/mol. The molecule has 1 amide bonds. The number of carbonyl (C=O) groups is 1. The van der Waals surface area contributed by atoms with Gasteiger partial charge in [-0.2, -0.15) is 22.5 Å². The minimum Gasteiger partial charge on any atom is -0.503 e. The summed E-state index contributed by atoms with van der Waals surface area (Å²) in [7, 11) is -4.72. The second kappa shape index (κ2) is 9.18. The number of aromatic hydroxyl groups is 1. The fourth-order valence-electron chi connectivity index (χ4n) is 3.00. The lowest BCUT2D eigenvalue weighted by Gasteiger charge is -2.52. The van der Waals surface area contributed by atoms with E-state index in [0.717, 1.165) is 17.3 Å². The summed E-state index contributed by atoms with van der Waals surface area (Å²) in [6.07, 6.45) is 0.788. The predicted molar refractivity (Wildman–Crippen MR) is 115 cm³/mol. The average Bonchev–Trinajstić information content (AvgIpc) is 3.13. The van der Waals surface area contributed by atoms with Gasteiger partial charge in [-0.1, -0.05) is 16.9 Å². The molecular weight excluding hydrogens is 484 g/mol. The van der Waals surface area contributed by atoms with E-state index in [-0.39, 0.29) is 23.1 Å². The first kappa shape index (κ1) is 24.8. The van der Waals surface area contributed by atoms with Gasteiger partial charge in [0.15, 0.2) is 23.2 Å². The van der Waals surface area contributed by atoms with E-state index >= 15 is 0 Å². The van der Waals surface area contributed by atoms with Crippen LogP contribution < -0.4 is 16.5 Å². The highest BCUT2D eigenvalue weighted by molar-refractivity contribution is 8.14. The van der Waals surface area contributed by atoms with Crippen LogP contribution in [-0.4, -0.2) is 79.8 Å². The molecule has 0 aliphatic carbocycles. The summed E-state index contributed by atoms with van der Waals surface area (Å²) in [5.41, 5.74) is 3.78. The van der Waals surface area contributed by atoms with Crippen LogP contribution in [0.1, 0.15) is 19.5 Å². The summed E-state index contributed by atoms with van der Waals surface area (Å²) in [6.45, 7) is 2.73. The van der Waals surface area contributed by atoms with E-state index in [2.05, 4.69) is 19.7 Å². The molecule has 1 saturated heterocycles. The van der Waals surface area contributed by atoms with Crippen molar-refractivity contribution in [3.05, 3.63) is 28.2 Å². The Kier molecular flexibility index (Phi) is 6.89. The highest BCUT2D eigenvalue weighted by Gasteiger charge is 2.50. The SMILES string of the molecule is CC1(C)[C@H](NC(=O)/C(=N\OCc2cc(=O)c(O)cn2O)C2CSC(N)=N2)CN1OS(=O)(=O)O. The van der Waals surface area contributed by atoms with Gasteiger partial charge in [-0.05, 0) is 13.8 Å². The van der Waals surface area contributed by atoms with Crippen LogP contribution in [0.15, 0.2) is 27.2 Å². The van der Waals surface area contributed by atoms with E-state index in [9.17, 15) is 28.3 Å². The fraction of sp³-hybridized carbons (Fsp3) is 0.500. The first-order valence-electron chi connectivity index (χ1n) is 9.33. The first-order valence-corrected chi connectivity index (χ1v) is 11.7. The maximum Gasteiger partial charge on any atom is 0.413 e. The Hall–Kier alpha value is -2.86. The van der Waals surface area contributed by atoms with Crippen molar-refractivity contribution in [2.24, 2.45) is 15.9 Å². The van der Waals surface area contributed by atoms with Crippen LogP contribution in [0.4, 0.5) is 0 Å². The first-order chi connectivity index (χ1) is 15.3. The zero-order valence-corrected chi connectivity index (χ0v) is 19.0. The lowest BCUT2D eigenvalue weighted by atomic mass is 9.85. The number of rotatable bonds is 8. The van der Waals surface area contributed by atoms with Gasteiger partial charge in [-0.15, -0.1) is 0 Å². The monoisotopic (exact) mass is 506 g/mol. The summed E-state index contributed by atoms with van der Waals surface area (Å²) >= 11 is 1.21. The molecule has 3 rings (SSSR count). The Bertz CT molecular complexity index is 1160. The Morgan fingerprint density at radius 3 is 2.76 bits per heavy atom. The molecule has 2 aliphatic heterocycles. The number of aliphatic imine (C=N–C) groups is 1. The number of carbonyl (C=O) groups excluding carboxylic acids is 1. The molecule has 2 atom stereocenters. The lowest BCUT2D eigenvalue weighted by molar-refractivity contribution is -0.214. The predicted octanol–water partition coefficient (Wildman–Crippen LogP) is -1.59. The molecule has 33 heavy (non-hydrogen) atoms. The summed E-state index contributed by atoms with van der Waals surface area (Å²) in [4.78, 5) is 33.8. The van der Waals surface area contributed by atoms with Gasteiger partial charge in [-0.3, -0.25) is 19.1 Å². The van der Waals surface area contributed by atoms with E-state index in [1.54, 1.807) is 13.8 Å². The van der Waals surface area contributed by atoms with Crippen LogP contribution in [0.3, 0.4) is 0 Å². The molecule has 0 spiro atoms. The molecule has 1 unspecified atom stereocenters. The maximum absolute atomic E-state index is 12.9. The van der Waals surface area contributed by atoms with Crippen LogP contribution in [0.2, 0.25) is 0 Å². The standard InChI is InChI=1S/C16H22N6O9S2/c1-16(2)12(5-22(16)31-33(27,28)29)19-14(25)13(9-7-32-15(17)18-9)20-30-6-8-3-10(23)11(24)4-21(8)26/h3-4,9,12,24,26H,5-7H2,1-2H3,(H2,17,18)(H,19,25)(H,27,28,29)/b20-13-/t9?,12-/m1/s1. The molecule has 1 aromatic heterocycles. The quantitative estimate of drug-likeness (QED) is 0.117. The minimum atomic E-state index is -4.72. The van der Waals surface area contributed by atoms with Crippen LogP contribution in [0.5, 0.6) is 5.75 Å². The number of pyridine rings is 1. The number of hydrogen-bond donors (Lipinski definition) is 5. The second-order valence-corrected chi connectivity index (χ2v) is 9.69. The van der Waals surface area contributed by atoms with Gasteiger partial charge in [-0.25, -0.2) is 0 Å². The number of thioether (sulfide) groups is 1. The molecule has 0 aromatic carbocycles. The van der Waals surface area contributed by atoms with Crippen molar-refractivity contribution in [1.82, 2.24) is 15.1 Å². The van der Waals surface area contributed by atoms with Gasteiger partial charge in [0.1, 0.15) is 11.7 Å². The lowest BCUT2D eigenvalue weighted by Crippen LogP contribution is -2.73. The van der Waals surface area contributed by atoms with Gasteiger partial charge in [0.25, 0.3) is 5.91 Å². The number of hydroxylamine groups is 2. The third kappa shape index (κ3) is 5.74. The molecule has 0 saturated carbocycles. The molecule has 2 aliphatic rings. The third-order valence-corrected chi connectivity index (χ3v) is 6.27. The number of nitrogens with two attached hydrogens (primary N) is 1. The summed E-state index contributed by atoms with van der Waals surface area (Å²) in [6, 6.07) is -0.376.